The number of nitrogens with zero attached hydrogens (tertiary/aromatic N) is 6. The number of hydrogen-bond acceptors (Lipinski definition) is 9. The van der Waals surface area contributed by atoms with E-state index in [9.17, 15) is 18.4 Å². The molecule has 2 atom stereocenters. The van der Waals surface area contributed by atoms with E-state index in [2.05, 4.69) is 26.4 Å². The molecule has 1 N–H and O–H groups in total. The molecular formula is C40H41Cl2F2N7O4. The van der Waals surface area contributed by atoms with Crippen LogP contribution >= 0.6 is 23.2 Å². The number of likely N-dealkylation sites (tertiary alicyclic amines) is 1. The number of carbonyl (C=O) groups is 1. The molecule has 1 aliphatic heterocycles. The third kappa shape index (κ3) is 7.75. The molecule has 0 radical (unpaired) electrons. The first-order chi connectivity index (χ1) is 26.6. The molecule has 1 fully saturated rings. The fourth-order valence-electron chi connectivity index (χ4n) is 7.78. The van der Waals surface area contributed by atoms with Gasteiger partial charge in [0, 0.05) is 67.5 Å². The van der Waals surface area contributed by atoms with Crippen molar-refractivity contribution in [1.82, 2.24) is 29.5 Å². The van der Waals surface area contributed by atoms with Gasteiger partial charge >= 0.3 is 0 Å². The molecule has 15 heteroatoms. The minimum Gasteiger partial charge on any atom is -0.481 e. The molecule has 1 saturated heterocycles. The largest absolute Gasteiger partial charge is 0.481 e. The van der Waals surface area contributed by atoms with E-state index in [4.69, 9.17) is 37.7 Å². The molecule has 55 heavy (non-hydrogen) atoms. The van der Waals surface area contributed by atoms with Gasteiger partial charge in [0.05, 0.1) is 46.7 Å². The molecule has 1 aliphatic carbocycles. The van der Waals surface area contributed by atoms with Gasteiger partial charge in [-0.3, -0.25) is 14.5 Å². The molecule has 2 aliphatic rings. The van der Waals surface area contributed by atoms with Crippen molar-refractivity contribution >= 4 is 51.9 Å². The fourth-order valence-corrected chi connectivity index (χ4v) is 8.38. The summed E-state index contributed by atoms with van der Waals surface area (Å²) in [6.45, 7) is 3.76. The van der Waals surface area contributed by atoms with Gasteiger partial charge in [-0.2, -0.15) is 5.10 Å². The number of alkyl halides is 2. The third-order valence-electron chi connectivity index (χ3n) is 10.6. The van der Waals surface area contributed by atoms with Gasteiger partial charge in [-0.05, 0) is 61.9 Å². The number of methoxy groups -OCH3 is 2. The van der Waals surface area contributed by atoms with Gasteiger partial charge in [-0.15, -0.1) is 0 Å². The Balaban J connectivity index is 1.16. The second-order valence-electron chi connectivity index (χ2n) is 13.9. The average Bonchev–Trinajstić information content (AvgIpc) is 3.84. The zero-order valence-corrected chi connectivity index (χ0v) is 32.2. The molecular weight excluding hydrogens is 751 g/mol. The second kappa shape index (κ2) is 16.6. The summed E-state index contributed by atoms with van der Waals surface area (Å²) in [6, 6.07) is 14.3. The highest BCUT2D eigenvalue weighted by atomic mass is 35.5. The monoisotopic (exact) mass is 791 g/mol. The van der Waals surface area contributed by atoms with Crippen LogP contribution in [-0.2, 0) is 23.0 Å². The highest BCUT2D eigenvalue weighted by molar-refractivity contribution is 6.39. The van der Waals surface area contributed by atoms with Gasteiger partial charge in [0.2, 0.25) is 12.3 Å². The van der Waals surface area contributed by atoms with Crippen LogP contribution in [0.15, 0.2) is 59.5 Å². The molecule has 1 amide bonds. The number of hydrogen-bond donors (Lipinski definition) is 1. The summed E-state index contributed by atoms with van der Waals surface area (Å²) in [5, 5.41) is 8.02. The van der Waals surface area contributed by atoms with Gasteiger partial charge in [0.1, 0.15) is 11.5 Å². The van der Waals surface area contributed by atoms with E-state index in [1.54, 1.807) is 31.3 Å². The molecule has 3 aromatic heterocycles. The Kier molecular flexibility index (Phi) is 11.6. The number of aryl methyl sites for hydroxylation is 2. The molecule has 2 unspecified atom stereocenters. The van der Waals surface area contributed by atoms with Gasteiger partial charge in [-0.1, -0.05) is 53.5 Å². The predicted molar refractivity (Wildman–Crippen MR) is 210 cm³/mol. The number of ether oxygens (including phenoxy) is 2. The number of carbonyl (C=O) groups excluding carboxylic acids is 1. The Morgan fingerprint density at radius 1 is 1.04 bits per heavy atom. The molecule has 0 spiro atoms. The quantitative estimate of drug-likeness (QED) is 0.112. The lowest BCUT2D eigenvalue weighted by Gasteiger charge is -2.26. The minimum absolute atomic E-state index is 0.0608. The van der Waals surface area contributed by atoms with Crippen LogP contribution in [0, 0.1) is 5.92 Å². The molecule has 2 aromatic carbocycles. The van der Waals surface area contributed by atoms with Crippen molar-refractivity contribution in [2.24, 2.45) is 13.0 Å². The number of nitrogens with one attached hydrogen (secondary N) is 1. The lowest BCUT2D eigenvalue weighted by atomic mass is 9.99. The first-order valence-corrected chi connectivity index (χ1v) is 18.9. The molecule has 4 heterocycles. The number of anilines is 2. The summed E-state index contributed by atoms with van der Waals surface area (Å²) in [5.74, 6) is 1.01. The van der Waals surface area contributed by atoms with Crippen LogP contribution < -0.4 is 15.6 Å². The van der Waals surface area contributed by atoms with Crippen molar-refractivity contribution in [1.29, 1.82) is 0 Å². The van der Waals surface area contributed by atoms with E-state index in [1.165, 1.54) is 18.8 Å². The summed E-state index contributed by atoms with van der Waals surface area (Å²) in [7, 11) is 4.75. The molecule has 11 nitrogen and oxygen atoms in total. The smallest absolute Gasteiger partial charge is 0.280 e. The van der Waals surface area contributed by atoms with E-state index in [-0.39, 0.29) is 27.7 Å². The van der Waals surface area contributed by atoms with E-state index in [0.29, 0.717) is 58.0 Å². The van der Waals surface area contributed by atoms with Crippen molar-refractivity contribution < 1.29 is 23.0 Å². The Labute approximate surface area is 327 Å². The Morgan fingerprint density at radius 3 is 2.55 bits per heavy atom. The molecule has 0 bridgehead atoms. The lowest BCUT2D eigenvalue weighted by molar-refractivity contribution is -0.118. The SMILES string of the molecule is COCCN(C=O)CCC1CCN(C2CCc3cc(-c4cccc(-c5cccc(Nc6nc(C(F)F)cc7cnn(C)c(=O)c67)c5Cl)c4Cl)nc(OC)c32)C1. The maximum absolute atomic E-state index is 13.8. The van der Waals surface area contributed by atoms with E-state index >= 15 is 0 Å². The van der Waals surface area contributed by atoms with Crippen LogP contribution in [0.3, 0.4) is 0 Å². The standard InChI is InChI=1S/C40H41Cl2F2N7O4/c1-49-40(53)34-25(20-45-49)19-31(37(43)44)47-38(34)46-29-9-5-7-27(36(29)42)26-6-4-8-28(35(26)41)30-18-24-10-11-32(33(24)39(48-30)55-3)51-15-13-23(21-51)12-14-50(22-52)16-17-54-2/h4-9,18-20,22-23,32,37H,10-17,21H2,1-3H3,(H,46,47). The van der Waals surface area contributed by atoms with Gasteiger partial charge in [0.15, 0.2) is 0 Å². The fraction of sp³-hybridized carbons (Fsp3) is 0.375. The number of benzene rings is 2. The highest BCUT2D eigenvalue weighted by Gasteiger charge is 2.36. The molecule has 0 saturated carbocycles. The third-order valence-corrected chi connectivity index (χ3v) is 11.4. The maximum Gasteiger partial charge on any atom is 0.280 e. The minimum atomic E-state index is -2.87. The molecule has 288 valence electrons. The van der Waals surface area contributed by atoms with E-state index in [1.807, 2.05) is 24.3 Å². The first-order valence-electron chi connectivity index (χ1n) is 18.1. The molecule has 5 aromatic rings. The topological polar surface area (TPSA) is 115 Å². The van der Waals surface area contributed by atoms with Crippen LogP contribution in [-0.4, -0.2) is 83.0 Å². The van der Waals surface area contributed by atoms with E-state index in [0.717, 1.165) is 68.0 Å². The number of pyridine rings is 2. The summed E-state index contributed by atoms with van der Waals surface area (Å²) < 4.78 is 39.8. The van der Waals surface area contributed by atoms with Gasteiger partial charge < -0.3 is 19.7 Å². The number of fused-ring (bicyclic) bond motifs is 2. The highest BCUT2D eigenvalue weighted by Crippen LogP contribution is 2.46. The van der Waals surface area contributed by atoms with Crippen LogP contribution in [0.5, 0.6) is 5.88 Å². The number of aromatic nitrogens is 4. The summed E-state index contributed by atoms with van der Waals surface area (Å²) in [4.78, 5) is 37.9. The van der Waals surface area contributed by atoms with Gasteiger partial charge in [0.25, 0.3) is 12.0 Å². The van der Waals surface area contributed by atoms with E-state index < -0.39 is 17.7 Å². The van der Waals surface area contributed by atoms with Crippen molar-refractivity contribution in [3.63, 3.8) is 0 Å². The zero-order chi connectivity index (χ0) is 38.8. The van der Waals surface area contributed by atoms with Crippen LogP contribution in [0.25, 0.3) is 33.2 Å². The number of halogens is 4. The summed E-state index contributed by atoms with van der Waals surface area (Å²) in [5.41, 5.74) is 4.19. The maximum atomic E-state index is 13.8. The van der Waals surface area contributed by atoms with Crippen LogP contribution in [0.4, 0.5) is 20.3 Å². The lowest BCUT2D eigenvalue weighted by Crippen LogP contribution is -2.29. The second-order valence-corrected chi connectivity index (χ2v) is 14.7. The van der Waals surface area contributed by atoms with Crippen molar-refractivity contribution in [3.05, 3.63) is 91.9 Å². The normalized spacial score (nSPS) is 16.9. The Bertz CT molecular complexity index is 2290. The van der Waals surface area contributed by atoms with Gasteiger partial charge in [-0.25, -0.2) is 23.4 Å². The van der Waals surface area contributed by atoms with Crippen molar-refractivity contribution in [2.45, 2.75) is 38.2 Å². The number of rotatable bonds is 14. The first kappa shape index (κ1) is 38.6. The summed E-state index contributed by atoms with van der Waals surface area (Å²) >= 11 is 14.2. The van der Waals surface area contributed by atoms with Crippen molar-refractivity contribution in [2.75, 3.05) is 52.3 Å². The van der Waals surface area contributed by atoms with Crippen molar-refractivity contribution in [3.8, 4) is 28.3 Å². The zero-order valence-electron chi connectivity index (χ0n) is 30.7. The summed E-state index contributed by atoms with van der Waals surface area (Å²) in [6.07, 6.45) is 3.22. The van der Waals surface area contributed by atoms with Crippen LogP contribution in [0.1, 0.15) is 48.6 Å². The Hall–Kier alpha value is -4.69. The molecule has 7 rings (SSSR count). The number of amides is 1. The predicted octanol–water partition coefficient (Wildman–Crippen LogP) is 7.86. The van der Waals surface area contributed by atoms with Crippen LogP contribution in [0.2, 0.25) is 10.0 Å². The Morgan fingerprint density at radius 2 is 1.80 bits per heavy atom. The average molecular weight is 793 g/mol.